The maximum Gasteiger partial charge on any atom is 0.0431 e. The molecule has 0 atom stereocenters. The Bertz CT molecular complexity index is 121. The summed E-state index contributed by atoms with van der Waals surface area (Å²) >= 11 is 0. The molecule has 0 fully saturated rings. The number of aliphatic hydroxyl groups excluding tert-OH is 1. The Hall–Kier alpha value is -0.520. The number of hydrogen-bond donors (Lipinski definition) is 1. The molecule has 0 spiro atoms. The van der Waals surface area contributed by atoms with Gasteiger partial charge < -0.3 is 5.11 Å². The van der Waals surface area contributed by atoms with Crippen molar-refractivity contribution in [3.8, 4) is 0 Å². The molecule has 64 valence electrons. The zero-order valence-electron chi connectivity index (χ0n) is 7.34. The van der Waals surface area contributed by atoms with Crippen molar-refractivity contribution in [2.45, 2.75) is 39.0 Å². The summed E-state index contributed by atoms with van der Waals surface area (Å²) in [5.41, 5.74) is 3.04. The molecule has 0 aliphatic heterocycles. The quantitative estimate of drug-likeness (QED) is 0.460. The van der Waals surface area contributed by atoms with E-state index >= 15 is 0 Å². The van der Waals surface area contributed by atoms with Crippen molar-refractivity contribution >= 4 is 0 Å². The average Bonchev–Trinajstić information content (AvgIpc) is 2.03. The molecular weight excluding hydrogens is 136 g/mol. The van der Waals surface area contributed by atoms with Crippen molar-refractivity contribution in [1.82, 2.24) is 0 Å². The van der Waals surface area contributed by atoms with Crippen LogP contribution in [0.3, 0.4) is 0 Å². The Morgan fingerprint density at radius 2 is 1.91 bits per heavy atom. The Morgan fingerprint density at radius 1 is 1.18 bits per heavy atom. The van der Waals surface area contributed by atoms with Gasteiger partial charge in [-0.15, -0.1) is 5.73 Å². The molecule has 0 radical (unpaired) electrons. The number of hydrogen-bond acceptors (Lipinski definition) is 1. The molecule has 0 amide bonds. The van der Waals surface area contributed by atoms with Crippen molar-refractivity contribution in [2.75, 3.05) is 6.61 Å². The molecule has 11 heavy (non-hydrogen) atoms. The fourth-order valence-electron chi connectivity index (χ4n) is 0.913. The maximum atomic E-state index is 8.48. The Kier molecular flexibility index (Phi) is 9.03. The normalized spacial score (nSPS) is 8.91. The van der Waals surface area contributed by atoms with Gasteiger partial charge in [0.1, 0.15) is 0 Å². The van der Waals surface area contributed by atoms with Crippen LogP contribution in [0, 0.1) is 0 Å². The Balaban J connectivity index is 2.96. The van der Waals surface area contributed by atoms with Crippen LogP contribution >= 0.6 is 0 Å². The first kappa shape index (κ1) is 10.5. The largest absolute Gasteiger partial charge is 0.396 e. The molecule has 0 aromatic heterocycles. The van der Waals surface area contributed by atoms with Gasteiger partial charge >= 0.3 is 0 Å². The summed E-state index contributed by atoms with van der Waals surface area (Å²) in [6, 6.07) is 0. The third-order valence-electron chi connectivity index (χ3n) is 1.54. The number of unbranched alkanes of at least 4 members (excludes halogenated alkanes) is 4. The van der Waals surface area contributed by atoms with Crippen LogP contribution in [-0.2, 0) is 0 Å². The summed E-state index contributed by atoms with van der Waals surface area (Å²) in [5.74, 6) is 0. The molecule has 1 nitrogen and oxygen atoms in total. The molecule has 0 aliphatic carbocycles. The van der Waals surface area contributed by atoms with E-state index in [-0.39, 0.29) is 0 Å². The van der Waals surface area contributed by atoms with E-state index in [2.05, 4.69) is 11.8 Å². The minimum Gasteiger partial charge on any atom is -0.396 e. The van der Waals surface area contributed by atoms with E-state index in [1.807, 2.05) is 13.0 Å². The summed E-state index contributed by atoms with van der Waals surface area (Å²) in [7, 11) is 0. The predicted octanol–water partition coefficient (Wildman–Crippen LogP) is 2.66. The highest BCUT2D eigenvalue weighted by Crippen LogP contribution is 2.02. The maximum absolute atomic E-state index is 8.48. The fourth-order valence-corrected chi connectivity index (χ4v) is 0.913. The lowest BCUT2D eigenvalue weighted by Gasteiger charge is -1.94. The SMILES string of the molecule is CC=C=CCCCCCCO. The van der Waals surface area contributed by atoms with Crippen molar-refractivity contribution in [1.29, 1.82) is 0 Å². The zero-order valence-corrected chi connectivity index (χ0v) is 7.34. The summed E-state index contributed by atoms with van der Waals surface area (Å²) in [6.45, 7) is 2.31. The van der Waals surface area contributed by atoms with Crippen LogP contribution in [0.15, 0.2) is 17.9 Å². The summed E-state index contributed by atoms with van der Waals surface area (Å²) in [6.07, 6.45) is 9.67. The van der Waals surface area contributed by atoms with Gasteiger partial charge in [0.25, 0.3) is 0 Å². The van der Waals surface area contributed by atoms with Gasteiger partial charge in [0.05, 0.1) is 0 Å². The van der Waals surface area contributed by atoms with E-state index < -0.39 is 0 Å². The molecule has 0 aromatic carbocycles. The molecule has 0 aromatic rings. The van der Waals surface area contributed by atoms with Crippen LogP contribution in [-0.4, -0.2) is 11.7 Å². The first-order valence-corrected chi connectivity index (χ1v) is 4.38. The van der Waals surface area contributed by atoms with E-state index in [9.17, 15) is 0 Å². The summed E-state index contributed by atoms with van der Waals surface area (Å²) in [5, 5.41) is 8.48. The molecule has 1 heteroatoms. The molecule has 0 aliphatic rings. The molecule has 1 N–H and O–H groups in total. The molecule has 0 saturated heterocycles. The smallest absolute Gasteiger partial charge is 0.0431 e. The highest BCUT2D eigenvalue weighted by atomic mass is 16.2. The highest BCUT2D eigenvalue weighted by Gasteiger charge is 1.85. The van der Waals surface area contributed by atoms with Crippen molar-refractivity contribution in [2.24, 2.45) is 0 Å². The van der Waals surface area contributed by atoms with E-state index in [0.29, 0.717) is 6.61 Å². The molecule has 0 heterocycles. The van der Waals surface area contributed by atoms with Gasteiger partial charge in [0.15, 0.2) is 0 Å². The first-order valence-electron chi connectivity index (χ1n) is 4.38. The lowest BCUT2D eigenvalue weighted by Crippen LogP contribution is -1.82. The number of aliphatic hydroxyl groups is 1. The number of rotatable bonds is 6. The number of allylic oxidation sites excluding steroid dienone is 1. The fraction of sp³-hybridized carbons (Fsp3) is 0.700. The van der Waals surface area contributed by atoms with E-state index in [1.165, 1.54) is 12.8 Å². The Labute approximate surface area is 69.4 Å². The van der Waals surface area contributed by atoms with Gasteiger partial charge in [-0.05, 0) is 38.3 Å². The third kappa shape index (κ3) is 9.48. The van der Waals surface area contributed by atoms with Gasteiger partial charge in [-0.3, -0.25) is 0 Å². The molecule has 0 bridgehead atoms. The van der Waals surface area contributed by atoms with Crippen LogP contribution in [0.5, 0.6) is 0 Å². The van der Waals surface area contributed by atoms with Gasteiger partial charge in [0, 0.05) is 6.61 Å². The summed E-state index contributed by atoms with van der Waals surface area (Å²) in [4.78, 5) is 0. The van der Waals surface area contributed by atoms with Crippen LogP contribution in [0.1, 0.15) is 39.0 Å². The summed E-state index contributed by atoms with van der Waals surface area (Å²) < 4.78 is 0. The van der Waals surface area contributed by atoms with Crippen LogP contribution in [0.25, 0.3) is 0 Å². The van der Waals surface area contributed by atoms with Gasteiger partial charge in [-0.25, -0.2) is 0 Å². The standard InChI is InChI=1S/C10H18O/c1-2-3-4-5-6-7-8-9-10-11/h2,4,11H,5-10H2,1H3. The van der Waals surface area contributed by atoms with Crippen LogP contribution in [0.2, 0.25) is 0 Å². The lowest BCUT2D eigenvalue weighted by molar-refractivity contribution is 0.282. The second-order valence-corrected chi connectivity index (χ2v) is 2.59. The van der Waals surface area contributed by atoms with Gasteiger partial charge in [-0.1, -0.05) is 12.8 Å². The molecule has 0 saturated carbocycles. The monoisotopic (exact) mass is 154 g/mol. The predicted molar refractivity (Wildman–Crippen MR) is 48.5 cm³/mol. The van der Waals surface area contributed by atoms with E-state index in [1.54, 1.807) is 0 Å². The highest BCUT2D eigenvalue weighted by molar-refractivity contribution is 4.81. The van der Waals surface area contributed by atoms with Crippen molar-refractivity contribution in [3.05, 3.63) is 17.9 Å². The molecular formula is C10H18O. The third-order valence-corrected chi connectivity index (χ3v) is 1.54. The second-order valence-electron chi connectivity index (χ2n) is 2.59. The second kappa shape index (κ2) is 9.48. The van der Waals surface area contributed by atoms with Gasteiger partial charge in [-0.2, -0.15) is 0 Å². The van der Waals surface area contributed by atoms with Crippen LogP contribution < -0.4 is 0 Å². The van der Waals surface area contributed by atoms with Crippen molar-refractivity contribution < 1.29 is 5.11 Å². The molecule has 0 rings (SSSR count). The topological polar surface area (TPSA) is 20.2 Å². The van der Waals surface area contributed by atoms with E-state index in [0.717, 1.165) is 19.3 Å². The van der Waals surface area contributed by atoms with Crippen molar-refractivity contribution in [3.63, 3.8) is 0 Å². The minimum absolute atomic E-state index is 0.338. The minimum atomic E-state index is 0.338. The average molecular weight is 154 g/mol. The zero-order chi connectivity index (χ0) is 8.36. The lowest BCUT2D eigenvalue weighted by atomic mass is 10.1. The molecule has 0 unspecified atom stereocenters. The Morgan fingerprint density at radius 3 is 2.55 bits per heavy atom. The van der Waals surface area contributed by atoms with Crippen LogP contribution in [0.4, 0.5) is 0 Å². The van der Waals surface area contributed by atoms with Gasteiger partial charge in [0.2, 0.25) is 0 Å². The van der Waals surface area contributed by atoms with E-state index in [4.69, 9.17) is 5.11 Å². The first-order chi connectivity index (χ1) is 5.41.